The number of nitrogens with zero attached hydrogens (tertiary/aromatic N) is 3. The predicted molar refractivity (Wildman–Crippen MR) is 108 cm³/mol. The molecular formula is C20H20N4O6. The molecule has 0 bridgehead atoms. The number of rotatable bonds is 8. The highest BCUT2D eigenvalue weighted by Gasteiger charge is 2.24. The normalized spacial score (nSPS) is 13.0. The molecule has 2 aromatic carbocycles. The molecule has 0 aliphatic carbocycles. The van der Waals surface area contributed by atoms with Gasteiger partial charge < -0.3 is 15.2 Å². The van der Waals surface area contributed by atoms with Crippen molar-refractivity contribution < 1.29 is 24.4 Å². The molecule has 2 aromatic rings. The minimum Gasteiger partial charge on any atom is -0.452 e. The third kappa shape index (κ3) is 4.97. The van der Waals surface area contributed by atoms with Gasteiger partial charge in [0.1, 0.15) is 0 Å². The Morgan fingerprint density at radius 2 is 2.00 bits per heavy atom. The molecule has 1 aliphatic rings. The van der Waals surface area contributed by atoms with Crippen LogP contribution in [0, 0.1) is 10.1 Å². The van der Waals surface area contributed by atoms with E-state index in [1.807, 2.05) is 30.3 Å². The zero-order valence-electron chi connectivity index (χ0n) is 16.0. The maximum Gasteiger partial charge on any atom is 0.341 e. The molecule has 3 rings (SSSR count). The van der Waals surface area contributed by atoms with Gasteiger partial charge >= 0.3 is 5.97 Å². The van der Waals surface area contributed by atoms with E-state index < -0.39 is 23.4 Å². The van der Waals surface area contributed by atoms with Crippen molar-refractivity contribution in [2.75, 3.05) is 31.6 Å². The summed E-state index contributed by atoms with van der Waals surface area (Å²) in [6.07, 6.45) is 0.587. The van der Waals surface area contributed by atoms with Crippen molar-refractivity contribution >= 4 is 29.0 Å². The van der Waals surface area contributed by atoms with Crippen molar-refractivity contribution in [3.05, 3.63) is 69.8 Å². The van der Waals surface area contributed by atoms with Crippen molar-refractivity contribution in [3.8, 4) is 0 Å². The molecule has 0 spiro atoms. The van der Waals surface area contributed by atoms with Gasteiger partial charge in [-0.2, -0.15) is 5.10 Å². The van der Waals surface area contributed by atoms with E-state index >= 15 is 0 Å². The molecule has 156 valence electrons. The zero-order chi connectivity index (χ0) is 21.5. The van der Waals surface area contributed by atoms with Gasteiger partial charge in [0.05, 0.1) is 29.4 Å². The third-order valence-corrected chi connectivity index (χ3v) is 4.38. The topological polar surface area (TPSA) is 134 Å². The van der Waals surface area contributed by atoms with Crippen LogP contribution in [0.5, 0.6) is 0 Å². The van der Waals surface area contributed by atoms with Crippen LogP contribution in [0.1, 0.15) is 22.3 Å². The number of non-ortho nitro benzene ring substituents is 1. The number of ether oxygens (including phenoxy) is 1. The summed E-state index contributed by atoms with van der Waals surface area (Å²) in [6.45, 7) is -0.226. The van der Waals surface area contributed by atoms with Crippen LogP contribution in [-0.4, -0.2) is 58.9 Å². The molecule has 0 saturated carbocycles. The Morgan fingerprint density at radius 3 is 2.70 bits per heavy atom. The van der Waals surface area contributed by atoms with Crippen LogP contribution in [0.3, 0.4) is 0 Å². The van der Waals surface area contributed by atoms with E-state index in [-0.39, 0.29) is 30.1 Å². The van der Waals surface area contributed by atoms with Crippen LogP contribution in [0.25, 0.3) is 0 Å². The first-order chi connectivity index (χ1) is 14.5. The number of carbonyl (C=O) groups excluding carboxylic acids is 2. The zero-order valence-corrected chi connectivity index (χ0v) is 16.0. The number of aliphatic hydroxyl groups is 1. The largest absolute Gasteiger partial charge is 0.452 e. The van der Waals surface area contributed by atoms with Crippen LogP contribution < -0.4 is 5.32 Å². The smallest absolute Gasteiger partial charge is 0.341 e. The molecule has 10 heteroatoms. The highest BCUT2D eigenvalue weighted by molar-refractivity contribution is 6.03. The number of benzene rings is 2. The molecule has 0 aromatic heterocycles. The van der Waals surface area contributed by atoms with Gasteiger partial charge in [0.25, 0.3) is 11.6 Å². The fraction of sp³-hybridized carbons (Fsp3) is 0.250. The van der Waals surface area contributed by atoms with Gasteiger partial charge in [0.15, 0.2) is 6.61 Å². The Labute approximate surface area is 171 Å². The molecule has 1 heterocycles. The molecule has 0 saturated heterocycles. The first-order valence-electron chi connectivity index (χ1n) is 9.23. The summed E-state index contributed by atoms with van der Waals surface area (Å²) in [5, 5.41) is 28.3. The number of anilines is 1. The Bertz CT molecular complexity index is 977. The van der Waals surface area contributed by atoms with Gasteiger partial charge in [-0.1, -0.05) is 30.3 Å². The number of esters is 1. The van der Waals surface area contributed by atoms with Gasteiger partial charge in [-0.05, 0) is 11.6 Å². The van der Waals surface area contributed by atoms with Crippen LogP contribution in [0.15, 0.2) is 53.6 Å². The van der Waals surface area contributed by atoms with E-state index in [2.05, 4.69) is 10.4 Å². The number of nitrogens with one attached hydrogen (secondary N) is 1. The SMILES string of the molecule is O=C(OCC(=O)N1CCC(c2ccccc2)=N1)c1cc([N+](=O)[O-])ccc1NCCO. The molecule has 0 radical (unpaired) electrons. The fourth-order valence-corrected chi connectivity index (χ4v) is 2.91. The predicted octanol–water partition coefficient (Wildman–Crippen LogP) is 1.79. The van der Waals surface area contributed by atoms with Crippen molar-refractivity contribution in [2.24, 2.45) is 5.10 Å². The Balaban J connectivity index is 1.66. The summed E-state index contributed by atoms with van der Waals surface area (Å²) in [4.78, 5) is 35.2. The second-order valence-corrected chi connectivity index (χ2v) is 6.39. The minimum absolute atomic E-state index is 0.0969. The first-order valence-corrected chi connectivity index (χ1v) is 9.23. The van der Waals surface area contributed by atoms with Gasteiger partial charge in [-0.3, -0.25) is 14.9 Å². The van der Waals surface area contributed by atoms with Crippen LogP contribution in [-0.2, 0) is 9.53 Å². The molecule has 1 amide bonds. The third-order valence-electron chi connectivity index (χ3n) is 4.38. The number of aliphatic hydroxyl groups excluding tert-OH is 1. The first kappa shape index (κ1) is 20.9. The Kier molecular flexibility index (Phi) is 6.71. The minimum atomic E-state index is -0.890. The quantitative estimate of drug-likeness (QED) is 0.383. The molecule has 1 aliphatic heterocycles. The molecule has 0 fully saturated rings. The molecular weight excluding hydrogens is 392 g/mol. The summed E-state index contributed by atoms with van der Waals surface area (Å²) in [6, 6.07) is 13.1. The highest BCUT2D eigenvalue weighted by atomic mass is 16.6. The number of nitro benzene ring substituents is 1. The summed E-state index contributed by atoms with van der Waals surface area (Å²) < 4.78 is 5.07. The number of hydrogen-bond donors (Lipinski definition) is 2. The Morgan fingerprint density at radius 1 is 1.23 bits per heavy atom. The van der Waals surface area contributed by atoms with Crippen LogP contribution in [0.4, 0.5) is 11.4 Å². The maximum atomic E-state index is 12.5. The number of hydrogen-bond acceptors (Lipinski definition) is 8. The lowest BCUT2D eigenvalue weighted by Gasteiger charge is -2.13. The van der Waals surface area contributed by atoms with Gasteiger partial charge in [-0.25, -0.2) is 9.80 Å². The van der Waals surface area contributed by atoms with E-state index in [4.69, 9.17) is 9.84 Å². The second kappa shape index (κ2) is 9.61. The van der Waals surface area contributed by atoms with Crippen molar-refractivity contribution in [2.45, 2.75) is 6.42 Å². The van der Waals surface area contributed by atoms with Crippen LogP contribution >= 0.6 is 0 Å². The van der Waals surface area contributed by atoms with E-state index in [0.717, 1.165) is 17.3 Å². The lowest BCUT2D eigenvalue weighted by molar-refractivity contribution is -0.384. The van der Waals surface area contributed by atoms with Crippen molar-refractivity contribution in [1.82, 2.24) is 5.01 Å². The molecule has 2 N–H and O–H groups in total. The monoisotopic (exact) mass is 412 g/mol. The van der Waals surface area contributed by atoms with Gasteiger partial charge in [0.2, 0.25) is 0 Å². The lowest BCUT2D eigenvalue weighted by Crippen LogP contribution is -2.29. The standard InChI is InChI=1S/C20H20N4O6/c25-11-9-21-18-7-6-15(24(28)29)12-16(18)20(27)30-13-19(26)23-10-8-17(22-23)14-4-2-1-3-5-14/h1-7,12,21,25H,8-11,13H2. The average Bonchev–Trinajstić information content (AvgIpc) is 3.26. The second-order valence-electron chi connectivity index (χ2n) is 6.39. The summed E-state index contributed by atoms with van der Waals surface area (Å²) in [7, 11) is 0. The number of nitro groups is 1. The molecule has 0 unspecified atom stereocenters. The number of carbonyl (C=O) groups is 2. The van der Waals surface area contributed by atoms with Crippen molar-refractivity contribution in [3.63, 3.8) is 0 Å². The summed E-state index contributed by atoms with van der Waals surface area (Å²) >= 11 is 0. The molecule has 30 heavy (non-hydrogen) atoms. The number of hydrazone groups is 1. The van der Waals surface area contributed by atoms with Gasteiger partial charge in [0, 0.05) is 30.8 Å². The lowest BCUT2D eigenvalue weighted by atomic mass is 10.1. The fourth-order valence-electron chi connectivity index (χ4n) is 2.91. The molecule has 0 atom stereocenters. The van der Waals surface area contributed by atoms with E-state index in [1.165, 1.54) is 17.1 Å². The Hall–Kier alpha value is -3.79. The van der Waals surface area contributed by atoms with E-state index in [9.17, 15) is 19.7 Å². The number of amides is 1. The van der Waals surface area contributed by atoms with E-state index in [1.54, 1.807) is 0 Å². The summed E-state index contributed by atoms with van der Waals surface area (Å²) in [5.41, 5.74) is 1.56. The highest BCUT2D eigenvalue weighted by Crippen LogP contribution is 2.23. The maximum absolute atomic E-state index is 12.5. The summed E-state index contributed by atoms with van der Waals surface area (Å²) in [5.74, 6) is -1.39. The van der Waals surface area contributed by atoms with Gasteiger partial charge in [-0.15, -0.1) is 0 Å². The van der Waals surface area contributed by atoms with Crippen LogP contribution in [0.2, 0.25) is 0 Å². The van der Waals surface area contributed by atoms with Crippen molar-refractivity contribution in [1.29, 1.82) is 0 Å². The molecule has 10 nitrogen and oxygen atoms in total. The average molecular weight is 412 g/mol. The van der Waals surface area contributed by atoms with E-state index in [0.29, 0.717) is 13.0 Å².